The number of hydrogen-bond acceptors (Lipinski definition) is 4. The lowest BCUT2D eigenvalue weighted by molar-refractivity contribution is -0.163. The fourth-order valence-corrected chi connectivity index (χ4v) is 2.17. The van der Waals surface area contributed by atoms with Gasteiger partial charge in [-0.3, -0.25) is 4.79 Å². The molecule has 1 saturated heterocycles. The van der Waals surface area contributed by atoms with Crippen LogP contribution >= 0.6 is 0 Å². The van der Waals surface area contributed by atoms with Crippen LogP contribution in [0.3, 0.4) is 0 Å². The van der Waals surface area contributed by atoms with Crippen molar-refractivity contribution in [3.05, 3.63) is 35.9 Å². The molecule has 2 rings (SSSR count). The molecule has 1 heterocycles. The lowest BCUT2D eigenvalue weighted by atomic mass is 10.2. The summed E-state index contributed by atoms with van der Waals surface area (Å²) in [5.41, 5.74) is 0.768. The first-order valence-electron chi connectivity index (χ1n) is 6.34. The van der Waals surface area contributed by atoms with Crippen LogP contribution in [-0.2, 0) is 25.7 Å². The predicted molar refractivity (Wildman–Crippen MR) is 68.6 cm³/mol. The van der Waals surface area contributed by atoms with E-state index in [1.807, 2.05) is 6.07 Å². The van der Waals surface area contributed by atoms with E-state index in [-0.39, 0.29) is 13.2 Å². The van der Waals surface area contributed by atoms with E-state index in [0.29, 0.717) is 12.8 Å². The summed E-state index contributed by atoms with van der Waals surface area (Å²) < 4.78 is 4.91. The second-order valence-electron chi connectivity index (χ2n) is 4.56. The van der Waals surface area contributed by atoms with Crippen LogP contribution in [0.15, 0.2) is 30.3 Å². The Kier molecular flexibility index (Phi) is 4.34. The Morgan fingerprint density at radius 1 is 1.25 bits per heavy atom. The fraction of sp³-hybridized carbons (Fsp3) is 0.357. The Morgan fingerprint density at radius 3 is 2.60 bits per heavy atom. The minimum atomic E-state index is -1.09. The first kappa shape index (κ1) is 14.0. The average molecular weight is 277 g/mol. The minimum Gasteiger partial charge on any atom is -0.480 e. The second-order valence-corrected chi connectivity index (χ2v) is 4.56. The minimum absolute atomic E-state index is 0.00298. The van der Waals surface area contributed by atoms with Gasteiger partial charge in [-0.2, -0.15) is 0 Å². The molecule has 0 bridgehead atoms. The molecule has 1 aliphatic heterocycles. The number of carbonyl (C=O) groups is 3. The third-order valence-electron chi connectivity index (χ3n) is 3.19. The zero-order valence-electron chi connectivity index (χ0n) is 10.8. The quantitative estimate of drug-likeness (QED) is 0.652. The van der Waals surface area contributed by atoms with Crippen LogP contribution in [0.5, 0.6) is 0 Å². The summed E-state index contributed by atoms with van der Waals surface area (Å²) in [4.78, 5) is 35.6. The largest absolute Gasteiger partial charge is 0.480 e. The van der Waals surface area contributed by atoms with E-state index in [2.05, 4.69) is 0 Å². The van der Waals surface area contributed by atoms with Crippen LogP contribution in [0.1, 0.15) is 18.4 Å². The first-order valence-corrected chi connectivity index (χ1v) is 6.34. The molecule has 0 radical (unpaired) electrons. The van der Waals surface area contributed by atoms with Crippen LogP contribution in [0.2, 0.25) is 0 Å². The molecule has 20 heavy (non-hydrogen) atoms. The van der Waals surface area contributed by atoms with E-state index in [1.54, 1.807) is 24.3 Å². The highest BCUT2D eigenvalue weighted by Crippen LogP contribution is 2.18. The molecule has 1 fully saturated rings. The van der Waals surface area contributed by atoms with Gasteiger partial charge in [-0.05, 0) is 18.4 Å². The number of amides is 1. The summed E-state index contributed by atoms with van der Waals surface area (Å²) in [6.07, 6.45) is 0.946. The molecule has 1 aromatic carbocycles. The van der Waals surface area contributed by atoms with Crippen LogP contribution < -0.4 is 0 Å². The van der Waals surface area contributed by atoms with Gasteiger partial charge in [0.15, 0.2) is 0 Å². The molecular formula is C14H15NO5. The molecule has 1 aromatic rings. The number of rotatable bonds is 3. The number of ether oxygens (including phenoxy) is 1. The molecule has 1 aliphatic rings. The molecule has 1 atom stereocenters. The van der Waals surface area contributed by atoms with Crippen molar-refractivity contribution in [2.75, 3.05) is 6.54 Å². The maximum Gasteiger partial charge on any atom is 0.397 e. The van der Waals surface area contributed by atoms with Crippen LogP contribution in [0, 0.1) is 0 Å². The second kappa shape index (κ2) is 6.18. The number of benzene rings is 1. The molecule has 106 valence electrons. The van der Waals surface area contributed by atoms with E-state index in [4.69, 9.17) is 9.84 Å². The number of likely N-dealkylation sites (tertiary alicyclic amines) is 1. The zero-order chi connectivity index (χ0) is 14.5. The summed E-state index contributed by atoms with van der Waals surface area (Å²) in [5, 5.41) is 8.98. The molecule has 1 N–H and O–H groups in total. The highest BCUT2D eigenvalue weighted by Gasteiger charge is 2.37. The number of nitrogens with zero attached hydrogens (tertiary/aromatic N) is 1. The summed E-state index contributed by atoms with van der Waals surface area (Å²) in [6.45, 7) is 0.271. The van der Waals surface area contributed by atoms with Crippen molar-refractivity contribution in [3.63, 3.8) is 0 Å². The molecule has 0 saturated carbocycles. The van der Waals surface area contributed by atoms with Crippen LogP contribution in [0.25, 0.3) is 0 Å². The first-order chi connectivity index (χ1) is 9.59. The van der Waals surface area contributed by atoms with E-state index >= 15 is 0 Å². The van der Waals surface area contributed by atoms with Gasteiger partial charge in [0.05, 0.1) is 0 Å². The summed E-state index contributed by atoms with van der Waals surface area (Å²) in [6, 6.07) is 8.05. The molecule has 6 heteroatoms. The number of carbonyl (C=O) groups excluding carboxylic acids is 2. The molecule has 0 aromatic heterocycles. The summed E-state index contributed by atoms with van der Waals surface area (Å²) in [7, 11) is 0. The van der Waals surface area contributed by atoms with E-state index in [0.717, 1.165) is 10.5 Å². The average Bonchev–Trinajstić information content (AvgIpc) is 2.94. The van der Waals surface area contributed by atoms with E-state index in [1.165, 1.54) is 0 Å². The van der Waals surface area contributed by atoms with Gasteiger partial charge in [-0.15, -0.1) is 0 Å². The number of carboxylic acids is 1. The smallest absolute Gasteiger partial charge is 0.397 e. The van der Waals surface area contributed by atoms with Crippen molar-refractivity contribution in [2.45, 2.75) is 25.5 Å². The van der Waals surface area contributed by atoms with Crippen molar-refractivity contribution in [1.29, 1.82) is 0 Å². The van der Waals surface area contributed by atoms with Crippen molar-refractivity contribution in [3.8, 4) is 0 Å². The SMILES string of the molecule is O=C(OCc1ccccc1)C(=O)N1CCC[C@H]1C(=O)O. The zero-order valence-corrected chi connectivity index (χ0v) is 10.8. The number of carboxylic acid groups (broad SMARTS) is 1. The molecular weight excluding hydrogens is 262 g/mol. The molecule has 6 nitrogen and oxygen atoms in total. The normalized spacial score (nSPS) is 17.8. The maximum absolute atomic E-state index is 11.9. The molecule has 0 aliphatic carbocycles. The van der Waals surface area contributed by atoms with Crippen molar-refractivity contribution < 1.29 is 24.2 Å². The molecule has 0 unspecified atom stereocenters. The number of aliphatic carboxylic acids is 1. The standard InChI is InChI=1S/C14H15NO5/c16-12(15-8-4-7-11(15)13(17)18)14(19)20-9-10-5-2-1-3-6-10/h1-3,5-6,11H,4,7-9H2,(H,17,18)/t11-/m0/s1. The topological polar surface area (TPSA) is 83.9 Å². The van der Waals surface area contributed by atoms with Gasteiger partial charge in [-0.25, -0.2) is 9.59 Å². The Morgan fingerprint density at radius 2 is 1.95 bits per heavy atom. The number of hydrogen-bond donors (Lipinski definition) is 1. The van der Waals surface area contributed by atoms with Crippen LogP contribution in [0.4, 0.5) is 0 Å². The van der Waals surface area contributed by atoms with Crippen LogP contribution in [-0.4, -0.2) is 40.4 Å². The Balaban J connectivity index is 1.92. The summed E-state index contributed by atoms with van der Waals surface area (Å²) >= 11 is 0. The highest BCUT2D eigenvalue weighted by molar-refractivity contribution is 6.32. The fourth-order valence-electron chi connectivity index (χ4n) is 2.17. The lowest BCUT2D eigenvalue weighted by Crippen LogP contribution is -2.44. The van der Waals surface area contributed by atoms with Gasteiger partial charge in [-0.1, -0.05) is 30.3 Å². The van der Waals surface area contributed by atoms with Gasteiger partial charge in [0.25, 0.3) is 0 Å². The monoisotopic (exact) mass is 277 g/mol. The summed E-state index contributed by atoms with van der Waals surface area (Å²) in [5.74, 6) is -2.99. The van der Waals surface area contributed by atoms with Gasteiger partial charge in [0.2, 0.25) is 0 Å². The lowest BCUT2D eigenvalue weighted by Gasteiger charge is -2.20. The van der Waals surface area contributed by atoms with Crippen molar-refractivity contribution in [1.82, 2.24) is 4.90 Å². The van der Waals surface area contributed by atoms with E-state index < -0.39 is 23.9 Å². The van der Waals surface area contributed by atoms with E-state index in [9.17, 15) is 14.4 Å². The highest BCUT2D eigenvalue weighted by atomic mass is 16.5. The maximum atomic E-state index is 11.9. The predicted octanol–water partition coefficient (Wildman–Crippen LogP) is 0.805. The molecule has 1 amide bonds. The Hall–Kier alpha value is -2.37. The van der Waals surface area contributed by atoms with Crippen molar-refractivity contribution >= 4 is 17.8 Å². The van der Waals surface area contributed by atoms with Gasteiger partial charge in [0, 0.05) is 6.54 Å². The third kappa shape index (κ3) is 3.14. The Labute approximate surface area is 115 Å². The van der Waals surface area contributed by atoms with Gasteiger partial charge < -0.3 is 14.7 Å². The number of esters is 1. The molecule has 0 spiro atoms. The third-order valence-corrected chi connectivity index (χ3v) is 3.19. The van der Waals surface area contributed by atoms with Crippen molar-refractivity contribution in [2.24, 2.45) is 0 Å². The van der Waals surface area contributed by atoms with Gasteiger partial charge >= 0.3 is 17.8 Å². The Bertz CT molecular complexity index is 514. The van der Waals surface area contributed by atoms with Gasteiger partial charge in [0.1, 0.15) is 12.6 Å².